The van der Waals surface area contributed by atoms with E-state index in [1.54, 1.807) is 18.2 Å². The third-order valence-corrected chi connectivity index (χ3v) is 4.01. The first-order valence-electron chi connectivity index (χ1n) is 5.70. The van der Waals surface area contributed by atoms with Gasteiger partial charge in [0.2, 0.25) is 0 Å². The number of nitrogens with zero attached hydrogens (tertiary/aromatic N) is 1. The molecule has 0 aliphatic carbocycles. The van der Waals surface area contributed by atoms with Crippen LogP contribution in [-0.4, -0.2) is 21.0 Å². The van der Waals surface area contributed by atoms with E-state index in [-0.39, 0.29) is 5.30 Å². The molecule has 0 radical (unpaired) electrons. The number of carbonyl (C=O) groups is 1. The number of carboxylic acids is 1. The molecular formula is C13H12NO5P. The minimum Gasteiger partial charge on any atom is -0.479 e. The summed E-state index contributed by atoms with van der Waals surface area (Å²) in [6, 6.07) is 10.6. The molecule has 1 aromatic carbocycles. The zero-order valence-corrected chi connectivity index (χ0v) is 11.2. The summed E-state index contributed by atoms with van der Waals surface area (Å²) in [5, 5.41) is 9.16. The van der Waals surface area contributed by atoms with Gasteiger partial charge in [0, 0.05) is 12.4 Å². The van der Waals surface area contributed by atoms with Crippen LogP contribution in [0.2, 0.25) is 0 Å². The lowest BCUT2D eigenvalue weighted by Gasteiger charge is -2.18. The molecule has 2 N–H and O–H groups in total. The molecule has 0 saturated carbocycles. The van der Waals surface area contributed by atoms with Gasteiger partial charge in [-0.2, -0.15) is 0 Å². The van der Waals surface area contributed by atoms with E-state index in [9.17, 15) is 14.3 Å². The lowest BCUT2D eigenvalue weighted by molar-refractivity contribution is -0.145. The molecule has 1 heterocycles. The summed E-state index contributed by atoms with van der Waals surface area (Å²) < 4.78 is 17.1. The Morgan fingerprint density at radius 2 is 1.75 bits per heavy atom. The fraction of sp³-hybridized carbons (Fsp3) is 0.0769. The second kappa shape index (κ2) is 5.96. The number of carboxylic acid groups (broad SMARTS) is 1. The molecule has 0 fully saturated rings. The molecule has 2 atom stereocenters. The van der Waals surface area contributed by atoms with E-state index in [0.717, 1.165) is 0 Å². The number of aromatic nitrogens is 1. The predicted molar refractivity (Wildman–Crippen MR) is 71.6 cm³/mol. The van der Waals surface area contributed by atoms with Crippen molar-refractivity contribution in [1.82, 2.24) is 4.98 Å². The van der Waals surface area contributed by atoms with Gasteiger partial charge < -0.3 is 10.00 Å². The van der Waals surface area contributed by atoms with Crippen LogP contribution in [0.5, 0.6) is 0 Å². The molecule has 0 amide bonds. The van der Waals surface area contributed by atoms with Crippen LogP contribution in [0, 0.1) is 0 Å². The quantitative estimate of drug-likeness (QED) is 0.815. The highest BCUT2D eigenvalue weighted by Crippen LogP contribution is 2.45. The molecule has 2 rings (SSSR count). The smallest absolute Gasteiger partial charge is 0.360 e. The SMILES string of the molecule is O=C(O)C(OP(=O)(O)c1ccncc1)c1ccccc1. The van der Waals surface area contributed by atoms with Gasteiger partial charge in [0.05, 0.1) is 5.30 Å². The highest BCUT2D eigenvalue weighted by Gasteiger charge is 2.32. The molecule has 2 unspecified atom stereocenters. The third kappa shape index (κ3) is 3.30. The summed E-state index contributed by atoms with van der Waals surface area (Å²) in [5.41, 5.74) is 0.295. The fourth-order valence-electron chi connectivity index (χ4n) is 1.61. The van der Waals surface area contributed by atoms with Crippen molar-refractivity contribution >= 4 is 18.9 Å². The fourth-order valence-corrected chi connectivity index (χ4v) is 2.74. The first-order chi connectivity index (χ1) is 9.50. The molecule has 0 spiro atoms. The van der Waals surface area contributed by atoms with E-state index in [2.05, 4.69) is 4.98 Å². The van der Waals surface area contributed by atoms with E-state index >= 15 is 0 Å². The highest BCUT2D eigenvalue weighted by molar-refractivity contribution is 7.61. The topological polar surface area (TPSA) is 96.7 Å². The standard InChI is InChI=1S/C13H12NO5P/c15-13(16)12(10-4-2-1-3-5-10)19-20(17,18)11-6-8-14-9-7-11/h1-9,12H,(H,15,16)(H,17,18). The van der Waals surface area contributed by atoms with Crippen molar-refractivity contribution in [3.8, 4) is 0 Å². The summed E-state index contributed by atoms with van der Waals surface area (Å²) in [4.78, 5) is 24.9. The van der Waals surface area contributed by atoms with E-state index in [1.165, 1.54) is 36.7 Å². The second-order valence-corrected chi connectivity index (χ2v) is 5.73. The van der Waals surface area contributed by atoms with Gasteiger partial charge in [-0.05, 0) is 17.7 Å². The third-order valence-electron chi connectivity index (χ3n) is 2.56. The number of hydrogen-bond acceptors (Lipinski definition) is 4. The van der Waals surface area contributed by atoms with Crippen molar-refractivity contribution in [2.24, 2.45) is 0 Å². The second-order valence-electron chi connectivity index (χ2n) is 3.96. The minimum atomic E-state index is -4.24. The van der Waals surface area contributed by atoms with Crippen LogP contribution in [-0.2, 0) is 13.9 Å². The Hall–Kier alpha value is -2.01. The van der Waals surface area contributed by atoms with Crippen LogP contribution in [0.1, 0.15) is 11.7 Å². The van der Waals surface area contributed by atoms with Crippen LogP contribution in [0.4, 0.5) is 0 Å². The summed E-state index contributed by atoms with van der Waals surface area (Å²) in [7, 11) is -4.24. The van der Waals surface area contributed by atoms with Crippen LogP contribution in [0.15, 0.2) is 54.9 Å². The Labute approximate surface area is 115 Å². The average molecular weight is 293 g/mol. The van der Waals surface area contributed by atoms with E-state index in [0.29, 0.717) is 5.56 Å². The molecule has 0 aliphatic heterocycles. The predicted octanol–water partition coefficient (Wildman–Crippen LogP) is 1.73. The van der Waals surface area contributed by atoms with Gasteiger partial charge in [-0.3, -0.25) is 14.1 Å². The monoisotopic (exact) mass is 293 g/mol. The van der Waals surface area contributed by atoms with Gasteiger partial charge in [0.1, 0.15) is 0 Å². The number of rotatable bonds is 5. The minimum absolute atomic E-state index is 0.00492. The highest BCUT2D eigenvalue weighted by atomic mass is 31.2. The zero-order valence-electron chi connectivity index (χ0n) is 10.3. The van der Waals surface area contributed by atoms with Crippen molar-refractivity contribution in [2.45, 2.75) is 6.10 Å². The summed E-state index contributed by atoms with van der Waals surface area (Å²) in [6.07, 6.45) is 1.15. The van der Waals surface area contributed by atoms with Gasteiger partial charge in [-0.25, -0.2) is 4.79 Å². The van der Waals surface area contributed by atoms with E-state index in [4.69, 9.17) is 9.63 Å². The van der Waals surface area contributed by atoms with Crippen LogP contribution < -0.4 is 5.30 Å². The van der Waals surface area contributed by atoms with Gasteiger partial charge >= 0.3 is 13.6 Å². The molecule has 104 valence electrons. The van der Waals surface area contributed by atoms with Gasteiger partial charge in [-0.1, -0.05) is 30.3 Å². The van der Waals surface area contributed by atoms with E-state index in [1.807, 2.05) is 0 Å². The Morgan fingerprint density at radius 3 is 2.30 bits per heavy atom. The Morgan fingerprint density at radius 1 is 1.15 bits per heavy atom. The van der Waals surface area contributed by atoms with Crippen molar-refractivity contribution in [3.63, 3.8) is 0 Å². The van der Waals surface area contributed by atoms with Crippen molar-refractivity contribution in [3.05, 3.63) is 60.4 Å². The van der Waals surface area contributed by atoms with Gasteiger partial charge in [-0.15, -0.1) is 0 Å². The molecule has 0 saturated heterocycles. The van der Waals surface area contributed by atoms with Gasteiger partial charge in [0.15, 0.2) is 6.10 Å². The van der Waals surface area contributed by atoms with Crippen LogP contribution in [0.25, 0.3) is 0 Å². The maximum atomic E-state index is 12.1. The first kappa shape index (κ1) is 14.4. The first-order valence-corrected chi connectivity index (χ1v) is 7.28. The lowest BCUT2D eigenvalue weighted by atomic mass is 10.1. The molecule has 7 heteroatoms. The van der Waals surface area contributed by atoms with Crippen LogP contribution in [0.3, 0.4) is 0 Å². The maximum Gasteiger partial charge on any atom is 0.360 e. The molecule has 6 nitrogen and oxygen atoms in total. The lowest BCUT2D eigenvalue weighted by Crippen LogP contribution is -2.17. The summed E-state index contributed by atoms with van der Waals surface area (Å²) >= 11 is 0. The molecule has 1 aromatic heterocycles. The summed E-state index contributed by atoms with van der Waals surface area (Å²) in [5.74, 6) is -1.33. The van der Waals surface area contributed by atoms with Crippen molar-refractivity contribution < 1.29 is 23.9 Å². The normalized spacial score (nSPS) is 15.2. The molecule has 0 aliphatic rings. The number of hydrogen-bond donors (Lipinski definition) is 2. The molecule has 2 aromatic rings. The Bertz CT molecular complexity index is 632. The van der Waals surface area contributed by atoms with Crippen LogP contribution >= 0.6 is 7.60 Å². The molecule has 0 bridgehead atoms. The average Bonchev–Trinajstić information content (AvgIpc) is 2.46. The van der Waals surface area contributed by atoms with Crippen molar-refractivity contribution in [1.29, 1.82) is 0 Å². The molecular weight excluding hydrogens is 281 g/mol. The molecule has 20 heavy (non-hydrogen) atoms. The number of pyridine rings is 1. The number of benzene rings is 1. The Kier molecular flexibility index (Phi) is 4.29. The maximum absolute atomic E-state index is 12.1. The van der Waals surface area contributed by atoms with Crippen molar-refractivity contribution in [2.75, 3.05) is 0 Å². The largest absolute Gasteiger partial charge is 0.479 e. The Balaban J connectivity index is 2.30. The van der Waals surface area contributed by atoms with E-state index < -0.39 is 19.7 Å². The number of aliphatic carboxylic acids is 1. The zero-order chi connectivity index (χ0) is 14.6. The van der Waals surface area contributed by atoms with Gasteiger partial charge in [0.25, 0.3) is 0 Å². The summed E-state index contributed by atoms with van der Waals surface area (Å²) in [6.45, 7) is 0.